The molecule has 18 rings (SSSR count). The Balaban J connectivity index is 1.12. The molecule has 4 heterocycles. The van der Waals surface area contributed by atoms with Crippen LogP contribution in [0.4, 0.5) is 34.1 Å². The molecule has 2 nitrogen and oxygen atoms in total. The zero-order valence-electron chi connectivity index (χ0n) is 58.6. The van der Waals surface area contributed by atoms with E-state index in [9.17, 15) is 0 Å². The standard InChI is InChI=1S/C94H82B2N2/c1-53(2)61-41-67(55(5)6)87(68(42-61)56(7)8)71-49-73-77-45-63(59-29-17-13-18-30-59)47-85-93(77)96(80-38-26-28-40-84(80)97(85)65-33-21-15-22-34-65)82-52-76-72(88-69(57(9)10)43-62(54(3)4)44-70(88)58(11)12)50-74-78-46-64(60-31-19-14-20-32-60)48-86-94(78)95(81-51-75(71)91(89(73)82)92(76)90(74)81)79-37-25-27-39-83(79)98(86)66-35-23-16-24-36-66/h13-58H,1-12H3. The van der Waals surface area contributed by atoms with Gasteiger partial charge in [0.05, 0.1) is 0 Å². The zero-order valence-corrected chi connectivity index (χ0v) is 58.6. The van der Waals surface area contributed by atoms with Gasteiger partial charge >= 0.3 is 0 Å². The Labute approximate surface area is 580 Å². The fraction of sp³-hybridized carbons (Fsp3) is 0.191. The molecule has 0 N–H and O–H groups in total. The summed E-state index contributed by atoms with van der Waals surface area (Å²) in [4.78, 5) is 5.18. The van der Waals surface area contributed by atoms with Crippen molar-refractivity contribution in [2.24, 2.45) is 0 Å². The predicted octanol–water partition coefficient (Wildman–Crippen LogP) is 22.6. The van der Waals surface area contributed by atoms with Crippen LogP contribution >= 0.6 is 0 Å². The average molecular weight is 1260 g/mol. The number of benzene rings is 14. The van der Waals surface area contributed by atoms with Gasteiger partial charge in [-0.15, -0.1) is 0 Å². The second kappa shape index (κ2) is 22.7. The molecule has 0 atom stereocenters. The molecule has 0 saturated heterocycles. The van der Waals surface area contributed by atoms with E-state index < -0.39 is 0 Å². The quantitative estimate of drug-likeness (QED) is 0.0889. The highest BCUT2D eigenvalue weighted by Gasteiger charge is 2.47. The highest BCUT2D eigenvalue weighted by Crippen LogP contribution is 2.56. The van der Waals surface area contributed by atoms with E-state index in [0.29, 0.717) is 11.8 Å². The lowest BCUT2D eigenvalue weighted by Gasteiger charge is -2.43. The molecule has 14 aromatic carbocycles. The van der Waals surface area contributed by atoms with Gasteiger partial charge in [-0.1, -0.05) is 264 Å². The lowest BCUT2D eigenvalue weighted by atomic mass is 9.31. The maximum absolute atomic E-state index is 2.77. The topological polar surface area (TPSA) is 6.48 Å². The SMILES string of the molecule is CC(C)c1cc(C(C)C)c(-c2cc3c4c(cc5c(-c6c(C(C)C)cc(C(C)C)cc6C(C)C)cc6c7c(cc2c4c57)B2c4ccccc4N(c4ccccc4)c4cc(-c5ccccc5)cc-6c42)B2c4ccccc4N(c4ccccc4)c4cc(-c5ccccc5)cc-3c42)c(C(C)C)c1. The Hall–Kier alpha value is -10.2. The molecule has 0 saturated carbocycles. The summed E-state index contributed by atoms with van der Waals surface area (Å²) in [6.45, 7) is 28.9. The minimum Gasteiger partial charge on any atom is -0.311 e. The van der Waals surface area contributed by atoms with Crippen LogP contribution in [-0.2, 0) is 0 Å². The molecule has 0 radical (unpaired) electrons. The zero-order chi connectivity index (χ0) is 66.8. The van der Waals surface area contributed by atoms with Crippen LogP contribution in [-0.4, -0.2) is 13.4 Å². The lowest BCUT2D eigenvalue weighted by Crippen LogP contribution is -2.60. The number of hydrogen-bond acceptors (Lipinski definition) is 2. The Kier molecular flexibility index (Phi) is 14.0. The largest absolute Gasteiger partial charge is 0.311 e. The molecule has 0 spiro atoms. The van der Waals surface area contributed by atoms with Crippen LogP contribution in [0.2, 0.25) is 0 Å². The van der Waals surface area contributed by atoms with Crippen LogP contribution in [0.15, 0.2) is 243 Å². The molecular weight excluding hydrogens is 1180 g/mol. The molecule has 0 aromatic heterocycles. The highest BCUT2D eigenvalue weighted by molar-refractivity contribution is 7.02. The van der Waals surface area contributed by atoms with Crippen LogP contribution in [0.3, 0.4) is 0 Å². The summed E-state index contributed by atoms with van der Waals surface area (Å²) in [6, 6.07) is 95.1. The Morgan fingerprint density at radius 1 is 0.245 bits per heavy atom. The average Bonchev–Trinajstić information content (AvgIpc) is 0.668. The number of hydrogen-bond donors (Lipinski definition) is 0. The van der Waals surface area contributed by atoms with Gasteiger partial charge in [0, 0.05) is 34.1 Å². The van der Waals surface area contributed by atoms with Crippen molar-refractivity contribution in [3.63, 3.8) is 0 Å². The first-order chi connectivity index (χ1) is 47.6. The molecule has 4 heteroatoms. The molecule has 4 aliphatic heterocycles. The van der Waals surface area contributed by atoms with Gasteiger partial charge in [0.1, 0.15) is 0 Å². The van der Waals surface area contributed by atoms with Crippen molar-refractivity contribution in [2.45, 2.75) is 119 Å². The van der Waals surface area contributed by atoms with Crippen LogP contribution in [0, 0.1) is 0 Å². The molecule has 0 bridgehead atoms. The number of anilines is 6. The van der Waals surface area contributed by atoms with E-state index in [0.717, 1.165) is 11.4 Å². The smallest absolute Gasteiger partial charge is 0.248 e. The first kappa shape index (κ1) is 60.3. The molecule has 0 unspecified atom stereocenters. The number of fused-ring (bicyclic) bond motifs is 8. The van der Waals surface area contributed by atoms with E-state index in [2.05, 4.69) is 336 Å². The third-order valence-corrected chi connectivity index (χ3v) is 22.8. The molecule has 474 valence electrons. The summed E-state index contributed by atoms with van der Waals surface area (Å²) in [6.07, 6.45) is 0. The van der Waals surface area contributed by atoms with Gasteiger partial charge < -0.3 is 9.80 Å². The fourth-order valence-corrected chi connectivity index (χ4v) is 18.2. The molecular formula is C94H82B2N2. The van der Waals surface area contributed by atoms with Crippen molar-refractivity contribution in [1.29, 1.82) is 0 Å². The molecule has 0 aliphatic carbocycles. The fourth-order valence-electron chi connectivity index (χ4n) is 18.2. The van der Waals surface area contributed by atoms with Crippen molar-refractivity contribution >= 4 is 113 Å². The van der Waals surface area contributed by atoms with Crippen molar-refractivity contribution in [3.05, 3.63) is 276 Å². The summed E-state index contributed by atoms with van der Waals surface area (Å²) in [5, 5.41) is 8.22. The number of rotatable bonds is 12. The van der Waals surface area contributed by atoms with Crippen LogP contribution in [0.5, 0.6) is 0 Å². The summed E-state index contributed by atoms with van der Waals surface area (Å²) < 4.78 is 0. The molecule has 14 aromatic rings. The summed E-state index contributed by atoms with van der Waals surface area (Å²) in [7, 11) is 0. The second-order valence-electron chi connectivity index (χ2n) is 30.5. The lowest BCUT2D eigenvalue weighted by molar-refractivity contribution is 0.807. The maximum atomic E-state index is 2.77. The first-order valence-corrected chi connectivity index (χ1v) is 36.2. The van der Waals surface area contributed by atoms with Gasteiger partial charge in [-0.05, 0) is 263 Å². The number of para-hydroxylation sites is 4. The first-order valence-electron chi connectivity index (χ1n) is 36.2. The second-order valence-corrected chi connectivity index (χ2v) is 30.5. The molecule has 4 aliphatic rings. The van der Waals surface area contributed by atoms with E-state index in [1.165, 1.54) is 188 Å². The molecule has 98 heavy (non-hydrogen) atoms. The molecule has 0 fully saturated rings. The third-order valence-electron chi connectivity index (χ3n) is 22.8. The van der Waals surface area contributed by atoms with Gasteiger partial charge in [-0.2, -0.15) is 0 Å². The Morgan fingerprint density at radius 2 is 0.571 bits per heavy atom. The highest BCUT2D eigenvalue weighted by atomic mass is 15.2. The minimum absolute atomic E-state index is 0.0861. The normalized spacial score (nSPS) is 13.4. The van der Waals surface area contributed by atoms with E-state index >= 15 is 0 Å². The Morgan fingerprint density at radius 3 is 0.908 bits per heavy atom. The monoisotopic (exact) mass is 1260 g/mol. The van der Waals surface area contributed by atoms with Crippen LogP contribution < -0.4 is 42.6 Å². The Bertz CT molecular complexity index is 5180. The van der Waals surface area contributed by atoms with Crippen molar-refractivity contribution in [1.82, 2.24) is 0 Å². The maximum Gasteiger partial charge on any atom is 0.248 e. The van der Waals surface area contributed by atoms with Gasteiger partial charge in [-0.3, -0.25) is 0 Å². The minimum atomic E-state index is -0.0861. The van der Waals surface area contributed by atoms with Gasteiger partial charge in [0.2, 0.25) is 13.4 Å². The van der Waals surface area contributed by atoms with E-state index in [1.807, 2.05) is 0 Å². The molecule has 0 amide bonds. The van der Waals surface area contributed by atoms with Crippen molar-refractivity contribution in [2.75, 3.05) is 9.80 Å². The summed E-state index contributed by atoms with van der Waals surface area (Å²) in [5.74, 6) is 1.72. The number of nitrogens with zero attached hydrogens (tertiary/aromatic N) is 2. The van der Waals surface area contributed by atoms with Gasteiger partial charge in [0.15, 0.2) is 0 Å². The third kappa shape index (κ3) is 8.88. The van der Waals surface area contributed by atoms with Crippen molar-refractivity contribution in [3.8, 4) is 66.8 Å². The predicted molar refractivity (Wildman–Crippen MR) is 426 cm³/mol. The summed E-state index contributed by atoms with van der Waals surface area (Å²) in [5.41, 5.74) is 39.5. The summed E-state index contributed by atoms with van der Waals surface area (Å²) >= 11 is 0. The van der Waals surface area contributed by atoms with E-state index in [4.69, 9.17) is 0 Å². The van der Waals surface area contributed by atoms with Crippen LogP contribution in [0.25, 0.3) is 99.1 Å². The van der Waals surface area contributed by atoms with E-state index in [1.54, 1.807) is 0 Å². The van der Waals surface area contributed by atoms with Crippen molar-refractivity contribution < 1.29 is 0 Å². The van der Waals surface area contributed by atoms with E-state index in [-0.39, 0.29) is 37.1 Å². The van der Waals surface area contributed by atoms with Gasteiger partial charge in [0.25, 0.3) is 0 Å². The van der Waals surface area contributed by atoms with Gasteiger partial charge in [-0.25, -0.2) is 0 Å². The van der Waals surface area contributed by atoms with Crippen LogP contribution in [0.1, 0.15) is 152 Å².